The molecule has 6 nitrogen and oxygen atoms in total. The largest absolute Gasteiger partial charge is 0.481 e. The van der Waals surface area contributed by atoms with Crippen molar-refractivity contribution in [2.24, 2.45) is 5.92 Å². The van der Waals surface area contributed by atoms with Gasteiger partial charge in [0, 0.05) is 24.4 Å². The molecule has 1 saturated heterocycles. The van der Waals surface area contributed by atoms with Gasteiger partial charge in [0.05, 0.1) is 17.4 Å². The minimum Gasteiger partial charge on any atom is -0.481 e. The summed E-state index contributed by atoms with van der Waals surface area (Å²) in [6.45, 7) is 4.85. The number of nitrogens with zero attached hydrogens (tertiary/aromatic N) is 2. The molecule has 0 radical (unpaired) electrons. The lowest BCUT2D eigenvalue weighted by Crippen LogP contribution is -2.41. The van der Waals surface area contributed by atoms with Crippen LogP contribution in [0.1, 0.15) is 29.9 Å². The molecule has 1 aliphatic rings. The first kappa shape index (κ1) is 15.9. The molecule has 1 aromatic rings. The number of piperidine rings is 1. The van der Waals surface area contributed by atoms with Gasteiger partial charge in [-0.3, -0.25) is 9.59 Å². The third-order valence-corrected chi connectivity index (χ3v) is 4.79. The highest BCUT2D eigenvalue weighted by Gasteiger charge is 2.26. The summed E-state index contributed by atoms with van der Waals surface area (Å²) in [4.78, 5) is 24.7. The van der Waals surface area contributed by atoms with Gasteiger partial charge in [0.1, 0.15) is 5.76 Å². The first-order valence-electron chi connectivity index (χ1n) is 6.99. The highest BCUT2D eigenvalue weighted by atomic mass is 32.2. The number of carboxylic acid groups (broad SMARTS) is 1. The van der Waals surface area contributed by atoms with Crippen molar-refractivity contribution < 1.29 is 19.2 Å². The Kier molecular flexibility index (Phi) is 5.27. The zero-order valence-corrected chi connectivity index (χ0v) is 13.1. The van der Waals surface area contributed by atoms with Crippen LogP contribution in [0.25, 0.3) is 0 Å². The molecule has 1 amide bonds. The average molecular weight is 312 g/mol. The molecule has 116 valence electrons. The Bertz CT molecular complexity index is 502. The van der Waals surface area contributed by atoms with Crippen molar-refractivity contribution >= 4 is 23.6 Å². The van der Waals surface area contributed by atoms with Crippen molar-refractivity contribution in [2.45, 2.75) is 32.4 Å². The summed E-state index contributed by atoms with van der Waals surface area (Å²) in [5.74, 6) is 0.935. The van der Waals surface area contributed by atoms with Crippen LogP contribution in [0.3, 0.4) is 0 Å². The summed E-state index contributed by atoms with van der Waals surface area (Å²) in [7, 11) is 0. The molecule has 0 unspecified atom stereocenters. The van der Waals surface area contributed by atoms with Gasteiger partial charge in [-0.2, -0.15) is 0 Å². The third kappa shape index (κ3) is 4.00. The molecule has 1 N–H and O–H groups in total. The zero-order chi connectivity index (χ0) is 15.4. The Balaban J connectivity index is 1.74. The SMILES string of the molecule is Cc1noc(C)c1CSCC(=O)N1CCC(C(=O)O)CC1. The number of carboxylic acids is 1. The molecule has 1 aliphatic heterocycles. The van der Waals surface area contributed by atoms with Gasteiger partial charge < -0.3 is 14.5 Å². The van der Waals surface area contributed by atoms with Crippen LogP contribution in [0.2, 0.25) is 0 Å². The highest BCUT2D eigenvalue weighted by molar-refractivity contribution is 7.99. The molecule has 7 heteroatoms. The Morgan fingerprint density at radius 2 is 2.05 bits per heavy atom. The third-order valence-electron chi connectivity index (χ3n) is 3.85. The second-order valence-corrected chi connectivity index (χ2v) is 6.27. The van der Waals surface area contributed by atoms with Gasteiger partial charge in [0.25, 0.3) is 0 Å². The molecule has 21 heavy (non-hydrogen) atoms. The predicted octanol–water partition coefficient (Wildman–Crippen LogP) is 1.85. The number of carbonyl (C=O) groups is 2. The number of aryl methyl sites for hydroxylation is 2. The number of aliphatic carboxylic acids is 1. The monoisotopic (exact) mass is 312 g/mol. The maximum atomic E-state index is 12.1. The van der Waals surface area contributed by atoms with Crippen LogP contribution < -0.4 is 0 Å². The lowest BCUT2D eigenvalue weighted by Gasteiger charge is -2.30. The number of likely N-dealkylation sites (tertiary alicyclic amines) is 1. The number of thioether (sulfide) groups is 1. The second kappa shape index (κ2) is 6.98. The van der Waals surface area contributed by atoms with E-state index in [2.05, 4.69) is 5.16 Å². The molecule has 2 heterocycles. The topological polar surface area (TPSA) is 83.6 Å². The summed E-state index contributed by atoms with van der Waals surface area (Å²) in [6, 6.07) is 0. The van der Waals surface area contributed by atoms with Crippen molar-refractivity contribution in [3.8, 4) is 0 Å². The van der Waals surface area contributed by atoms with Gasteiger partial charge in [0.2, 0.25) is 5.91 Å². The molecule has 0 aliphatic carbocycles. The van der Waals surface area contributed by atoms with Crippen LogP contribution in [0.5, 0.6) is 0 Å². The van der Waals surface area contributed by atoms with Crippen LogP contribution in [0.15, 0.2) is 4.52 Å². The Morgan fingerprint density at radius 3 is 2.57 bits per heavy atom. The molecule has 0 spiro atoms. The lowest BCUT2D eigenvalue weighted by molar-refractivity contribution is -0.145. The van der Waals surface area contributed by atoms with Gasteiger partial charge in [-0.1, -0.05) is 5.16 Å². The normalized spacial score (nSPS) is 16.2. The molecule has 1 aromatic heterocycles. The number of hydrogen-bond donors (Lipinski definition) is 1. The van der Waals surface area contributed by atoms with Crippen molar-refractivity contribution in [3.63, 3.8) is 0 Å². The zero-order valence-electron chi connectivity index (χ0n) is 12.3. The second-order valence-electron chi connectivity index (χ2n) is 5.29. The van der Waals surface area contributed by atoms with E-state index in [1.165, 1.54) is 0 Å². The van der Waals surface area contributed by atoms with Crippen LogP contribution in [0, 0.1) is 19.8 Å². The lowest BCUT2D eigenvalue weighted by atomic mass is 9.97. The summed E-state index contributed by atoms with van der Waals surface area (Å²) in [5, 5.41) is 12.8. The summed E-state index contributed by atoms with van der Waals surface area (Å²) in [5.41, 5.74) is 1.92. The number of rotatable bonds is 5. The molecule has 0 atom stereocenters. The van der Waals surface area contributed by atoms with Gasteiger partial charge in [-0.25, -0.2) is 0 Å². The first-order valence-corrected chi connectivity index (χ1v) is 8.14. The first-order chi connectivity index (χ1) is 9.99. The molecule has 0 aromatic carbocycles. The van der Waals surface area contributed by atoms with Gasteiger partial charge in [-0.05, 0) is 26.7 Å². The Hall–Kier alpha value is -1.50. The molecule has 0 bridgehead atoms. The van der Waals surface area contributed by atoms with Crippen LogP contribution >= 0.6 is 11.8 Å². The number of amides is 1. The van der Waals surface area contributed by atoms with Gasteiger partial charge >= 0.3 is 5.97 Å². The Labute approximate surface area is 127 Å². The summed E-state index contributed by atoms with van der Waals surface area (Å²) in [6.07, 6.45) is 1.10. The minimum atomic E-state index is -0.755. The van der Waals surface area contributed by atoms with E-state index in [4.69, 9.17) is 9.63 Å². The summed E-state index contributed by atoms with van der Waals surface area (Å²) >= 11 is 1.54. The smallest absolute Gasteiger partial charge is 0.306 e. The van der Waals surface area contributed by atoms with E-state index >= 15 is 0 Å². The standard InChI is InChI=1S/C14H20N2O4S/c1-9-12(10(2)20-15-9)7-21-8-13(17)16-5-3-11(4-6-16)14(18)19/h11H,3-8H2,1-2H3,(H,18,19). The molecule has 0 saturated carbocycles. The fourth-order valence-electron chi connectivity index (χ4n) is 2.42. The fourth-order valence-corrected chi connectivity index (χ4v) is 3.49. The van der Waals surface area contributed by atoms with E-state index in [0.717, 1.165) is 17.0 Å². The molecule has 2 rings (SSSR count). The predicted molar refractivity (Wildman–Crippen MR) is 79.1 cm³/mol. The quantitative estimate of drug-likeness (QED) is 0.893. The molecular weight excluding hydrogens is 292 g/mol. The average Bonchev–Trinajstić information content (AvgIpc) is 2.79. The van der Waals surface area contributed by atoms with Gasteiger partial charge in [-0.15, -0.1) is 11.8 Å². The van der Waals surface area contributed by atoms with E-state index in [1.807, 2.05) is 13.8 Å². The van der Waals surface area contributed by atoms with Crippen molar-refractivity contribution in [3.05, 3.63) is 17.0 Å². The number of carbonyl (C=O) groups excluding carboxylic acids is 1. The van der Waals surface area contributed by atoms with Crippen LogP contribution in [-0.4, -0.2) is 45.9 Å². The van der Waals surface area contributed by atoms with E-state index in [0.29, 0.717) is 37.4 Å². The van der Waals surface area contributed by atoms with E-state index in [-0.39, 0.29) is 11.8 Å². The number of aromatic nitrogens is 1. The van der Waals surface area contributed by atoms with Crippen molar-refractivity contribution in [1.29, 1.82) is 0 Å². The molecule has 1 fully saturated rings. The van der Waals surface area contributed by atoms with Crippen molar-refractivity contribution in [1.82, 2.24) is 10.1 Å². The molecular formula is C14H20N2O4S. The van der Waals surface area contributed by atoms with Gasteiger partial charge in [0.15, 0.2) is 0 Å². The minimum absolute atomic E-state index is 0.0793. The number of hydrogen-bond acceptors (Lipinski definition) is 5. The highest BCUT2D eigenvalue weighted by Crippen LogP contribution is 2.21. The summed E-state index contributed by atoms with van der Waals surface area (Å²) < 4.78 is 5.09. The van der Waals surface area contributed by atoms with E-state index < -0.39 is 5.97 Å². The Morgan fingerprint density at radius 1 is 1.38 bits per heavy atom. The van der Waals surface area contributed by atoms with Crippen LogP contribution in [-0.2, 0) is 15.3 Å². The maximum absolute atomic E-state index is 12.1. The van der Waals surface area contributed by atoms with Crippen molar-refractivity contribution in [2.75, 3.05) is 18.8 Å². The fraction of sp³-hybridized carbons (Fsp3) is 0.643. The maximum Gasteiger partial charge on any atom is 0.306 e. The van der Waals surface area contributed by atoms with E-state index in [9.17, 15) is 9.59 Å². The van der Waals surface area contributed by atoms with E-state index in [1.54, 1.807) is 16.7 Å². The van der Waals surface area contributed by atoms with Crippen LogP contribution in [0.4, 0.5) is 0 Å².